The fourth-order valence-corrected chi connectivity index (χ4v) is 1.78. The molecule has 108 valence electrons. The first-order chi connectivity index (χ1) is 9.88. The van der Waals surface area contributed by atoms with Crippen molar-refractivity contribution in [3.63, 3.8) is 0 Å². The molecular formula is C13H10ClN3O4. The van der Waals surface area contributed by atoms with E-state index in [-0.39, 0.29) is 22.0 Å². The van der Waals surface area contributed by atoms with Crippen molar-refractivity contribution >= 4 is 34.6 Å². The molecule has 0 aliphatic carbocycles. The Morgan fingerprint density at radius 1 is 1.29 bits per heavy atom. The van der Waals surface area contributed by atoms with Gasteiger partial charge in [-0.05, 0) is 24.3 Å². The lowest BCUT2D eigenvalue weighted by Crippen LogP contribution is -2.12. The Labute approximate surface area is 124 Å². The number of carbonyl (C=O) groups excluding carboxylic acids is 1. The lowest BCUT2D eigenvalue weighted by molar-refractivity contribution is -0.384. The summed E-state index contributed by atoms with van der Waals surface area (Å²) in [5.74, 6) is -0.930. The predicted molar refractivity (Wildman–Crippen MR) is 78.6 cm³/mol. The maximum Gasteiger partial charge on any atom is 0.273 e. The van der Waals surface area contributed by atoms with Gasteiger partial charge in [-0.15, -0.1) is 0 Å². The van der Waals surface area contributed by atoms with Gasteiger partial charge in [0.1, 0.15) is 5.75 Å². The number of carbonyl (C=O) groups is 1. The van der Waals surface area contributed by atoms with Crippen LogP contribution in [0.3, 0.4) is 0 Å². The van der Waals surface area contributed by atoms with Gasteiger partial charge in [0.25, 0.3) is 11.6 Å². The van der Waals surface area contributed by atoms with Gasteiger partial charge in [0.05, 0.1) is 27.4 Å². The monoisotopic (exact) mass is 307 g/mol. The molecule has 0 spiro atoms. The highest BCUT2D eigenvalue weighted by atomic mass is 35.5. The molecule has 0 aromatic heterocycles. The number of hydrogen-bond donors (Lipinski definition) is 3. The molecule has 0 atom stereocenters. The summed E-state index contributed by atoms with van der Waals surface area (Å²) in [4.78, 5) is 21.9. The van der Waals surface area contributed by atoms with Crippen LogP contribution in [0, 0.1) is 10.1 Å². The van der Waals surface area contributed by atoms with E-state index in [9.17, 15) is 20.0 Å². The lowest BCUT2D eigenvalue weighted by Gasteiger charge is -2.08. The van der Waals surface area contributed by atoms with Crippen molar-refractivity contribution in [3.05, 3.63) is 57.1 Å². The summed E-state index contributed by atoms with van der Waals surface area (Å²) < 4.78 is 0. The minimum atomic E-state index is -0.648. The van der Waals surface area contributed by atoms with Crippen LogP contribution in [-0.4, -0.2) is 15.9 Å². The second-order valence-corrected chi connectivity index (χ2v) is 4.56. The number of nitrogens with one attached hydrogen (secondary N) is 1. The van der Waals surface area contributed by atoms with Gasteiger partial charge in [-0.25, -0.2) is 0 Å². The molecule has 0 saturated heterocycles. The third kappa shape index (κ3) is 3.21. The average molecular weight is 308 g/mol. The Kier molecular flexibility index (Phi) is 3.95. The van der Waals surface area contributed by atoms with Crippen LogP contribution in [0.4, 0.5) is 17.1 Å². The largest absolute Gasteiger partial charge is 0.506 e. The Bertz CT molecular complexity index is 733. The molecule has 21 heavy (non-hydrogen) atoms. The van der Waals surface area contributed by atoms with Crippen LogP contribution in [0.1, 0.15) is 10.4 Å². The van der Waals surface area contributed by atoms with Gasteiger partial charge in [0, 0.05) is 11.6 Å². The van der Waals surface area contributed by atoms with Crippen LogP contribution >= 0.6 is 11.6 Å². The van der Waals surface area contributed by atoms with Gasteiger partial charge in [-0.2, -0.15) is 0 Å². The lowest BCUT2D eigenvalue weighted by atomic mass is 10.2. The van der Waals surface area contributed by atoms with Crippen molar-refractivity contribution in [1.82, 2.24) is 0 Å². The number of phenols is 1. The van der Waals surface area contributed by atoms with E-state index < -0.39 is 16.6 Å². The number of non-ortho nitro benzene ring substituents is 1. The molecule has 0 fully saturated rings. The third-order valence-corrected chi connectivity index (χ3v) is 3.03. The number of amides is 1. The summed E-state index contributed by atoms with van der Waals surface area (Å²) in [5, 5.41) is 22.9. The number of halogens is 1. The number of nitro groups is 1. The molecule has 7 nitrogen and oxygen atoms in total. The third-order valence-electron chi connectivity index (χ3n) is 2.70. The second-order valence-electron chi connectivity index (χ2n) is 4.15. The molecular weight excluding hydrogens is 298 g/mol. The fraction of sp³-hybridized carbons (Fsp3) is 0. The number of nitrogen functional groups attached to an aromatic ring is 1. The smallest absolute Gasteiger partial charge is 0.273 e. The highest BCUT2D eigenvalue weighted by molar-refractivity contribution is 6.33. The molecule has 0 bridgehead atoms. The minimum Gasteiger partial charge on any atom is -0.506 e. The number of aromatic hydroxyl groups is 1. The van der Waals surface area contributed by atoms with Crippen molar-refractivity contribution in [3.8, 4) is 5.75 Å². The van der Waals surface area contributed by atoms with Gasteiger partial charge >= 0.3 is 0 Å². The van der Waals surface area contributed by atoms with E-state index in [0.717, 1.165) is 6.07 Å². The molecule has 0 aliphatic heterocycles. The van der Waals surface area contributed by atoms with E-state index in [4.69, 9.17) is 17.3 Å². The molecule has 4 N–H and O–H groups in total. The predicted octanol–water partition coefficient (Wildman–Crippen LogP) is 2.79. The average Bonchev–Trinajstić information content (AvgIpc) is 2.43. The first kappa shape index (κ1) is 14.6. The summed E-state index contributed by atoms with van der Waals surface area (Å²) in [6, 6.07) is 7.70. The first-order valence-corrected chi connectivity index (χ1v) is 6.10. The van der Waals surface area contributed by atoms with Gasteiger partial charge in [-0.1, -0.05) is 11.6 Å². The Hall–Kier alpha value is -2.80. The molecule has 1 amide bonds. The van der Waals surface area contributed by atoms with Crippen LogP contribution < -0.4 is 11.1 Å². The van der Waals surface area contributed by atoms with Crippen LogP contribution in [0.25, 0.3) is 0 Å². The molecule has 0 aliphatic rings. The number of anilines is 2. The highest BCUT2D eigenvalue weighted by Crippen LogP contribution is 2.28. The van der Waals surface area contributed by atoms with Crippen LogP contribution in [0.2, 0.25) is 5.02 Å². The van der Waals surface area contributed by atoms with Crippen LogP contribution in [0.5, 0.6) is 5.75 Å². The number of phenolic OH excluding ortho intramolecular Hbond substituents is 1. The SMILES string of the molecule is Nc1ccc(C(=O)Nc2ccc([N+](=O)[O-])cc2O)cc1Cl. The van der Waals surface area contributed by atoms with E-state index in [1.807, 2.05) is 0 Å². The summed E-state index contributed by atoms with van der Waals surface area (Å²) in [6.07, 6.45) is 0. The van der Waals surface area contributed by atoms with Crippen molar-refractivity contribution in [1.29, 1.82) is 0 Å². The number of rotatable bonds is 3. The summed E-state index contributed by atoms with van der Waals surface area (Å²) in [7, 11) is 0. The molecule has 0 unspecified atom stereocenters. The highest BCUT2D eigenvalue weighted by Gasteiger charge is 2.13. The molecule has 8 heteroatoms. The zero-order valence-corrected chi connectivity index (χ0v) is 11.3. The van der Waals surface area contributed by atoms with Crippen LogP contribution in [0.15, 0.2) is 36.4 Å². The van der Waals surface area contributed by atoms with E-state index in [1.165, 1.54) is 30.3 Å². The standard InChI is InChI=1S/C13H10ClN3O4/c14-9-5-7(1-3-10(9)15)13(19)16-11-4-2-8(17(20)21)6-12(11)18/h1-6,18H,15H2,(H,16,19). The van der Waals surface area contributed by atoms with Crippen molar-refractivity contribution < 1.29 is 14.8 Å². The fourth-order valence-electron chi connectivity index (χ4n) is 1.60. The van der Waals surface area contributed by atoms with Crippen molar-refractivity contribution in [2.24, 2.45) is 0 Å². The molecule has 0 saturated carbocycles. The van der Waals surface area contributed by atoms with E-state index >= 15 is 0 Å². The number of hydrogen-bond acceptors (Lipinski definition) is 5. The molecule has 0 heterocycles. The van der Waals surface area contributed by atoms with Crippen molar-refractivity contribution in [2.75, 3.05) is 11.1 Å². The molecule has 0 radical (unpaired) electrons. The first-order valence-electron chi connectivity index (χ1n) is 5.72. The zero-order valence-electron chi connectivity index (χ0n) is 10.5. The summed E-state index contributed by atoms with van der Waals surface area (Å²) in [6.45, 7) is 0. The van der Waals surface area contributed by atoms with E-state index in [2.05, 4.69) is 5.32 Å². The summed E-state index contributed by atoms with van der Waals surface area (Å²) >= 11 is 5.82. The van der Waals surface area contributed by atoms with Gasteiger partial charge in [0.15, 0.2) is 0 Å². The summed E-state index contributed by atoms with van der Waals surface area (Å²) in [5.41, 5.74) is 5.90. The number of nitrogens with zero attached hydrogens (tertiary/aromatic N) is 1. The van der Waals surface area contributed by atoms with Gasteiger partial charge in [-0.3, -0.25) is 14.9 Å². The van der Waals surface area contributed by atoms with Gasteiger partial charge < -0.3 is 16.2 Å². The normalized spacial score (nSPS) is 10.1. The Morgan fingerprint density at radius 3 is 2.57 bits per heavy atom. The minimum absolute atomic E-state index is 0.0542. The van der Waals surface area contributed by atoms with E-state index in [0.29, 0.717) is 5.69 Å². The number of benzene rings is 2. The molecule has 2 aromatic rings. The molecule has 2 aromatic carbocycles. The molecule has 2 rings (SSSR count). The Morgan fingerprint density at radius 2 is 2.00 bits per heavy atom. The maximum absolute atomic E-state index is 12.0. The Balaban J connectivity index is 2.23. The zero-order chi connectivity index (χ0) is 15.6. The quantitative estimate of drug-likeness (QED) is 0.349. The van der Waals surface area contributed by atoms with Gasteiger partial charge in [0.2, 0.25) is 0 Å². The number of nitro benzene ring substituents is 1. The van der Waals surface area contributed by atoms with Crippen LogP contribution in [-0.2, 0) is 0 Å². The topological polar surface area (TPSA) is 118 Å². The number of nitrogens with two attached hydrogens (primary N) is 1. The van der Waals surface area contributed by atoms with Crippen molar-refractivity contribution in [2.45, 2.75) is 0 Å². The van der Waals surface area contributed by atoms with E-state index in [1.54, 1.807) is 0 Å². The maximum atomic E-state index is 12.0. The second kappa shape index (κ2) is 5.68.